The van der Waals surface area contributed by atoms with Crippen molar-refractivity contribution in [3.63, 3.8) is 0 Å². The lowest BCUT2D eigenvalue weighted by molar-refractivity contribution is -0.422. The highest BCUT2D eigenvalue weighted by Gasteiger charge is 2.31. The Morgan fingerprint density at radius 3 is 2.22 bits per heavy atom. The van der Waals surface area contributed by atoms with Gasteiger partial charge in [-0.2, -0.15) is 0 Å². The van der Waals surface area contributed by atoms with Crippen molar-refractivity contribution in [2.24, 2.45) is 0 Å². The SMILES string of the molecule is CC(=O)CC(=O)c1cccc([N+](=O)[O-])c1[N+](=O)[O-]. The second-order valence-corrected chi connectivity index (χ2v) is 3.49. The first-order valence-corrected chi connectivity index (χ1v) is 4.79. The summed E-state index contributed by atoms with van der Waals surface area (Å²) in [6, 6.07) is 3.19. The fourth-order valence-electron chi connectivity index (χ4n) is 1.42. The zero-order chi connectivity index (χ0) is 13.9. The van der Waals surface area contributed by atoms with Crippen LogP contribution in [0.25, 0.3) is 0 Å². The highest BCUT2D eigenvalue weighted by atomic mass is 16.6. The normalized spacial score (nSPS) is 9.83. The molecule has 8 heteroatoms. The van der Waals surface area contributed by atoms with Crippen molar-refractivity contribution in [3.8, 4) is 0 Å². The minimum Gasteiger partial charge on any atom is -0.300 e. The van der Waals surface area contributed by atoms with Crippen LogP contribution >= 0.6 is 0 Å². The number of nitro groups is 2. The van der Waals surface area contributed by atoms with Gasteiger partial charge in [-0.25, -0.2) is 0 Å². The number of Topliss-reactive ketones (excluding diaryl/α,β-unsaturated/α-hetero) is 2. The van der Waals surface area contributed by atoms with Crippen LogP contribution in [0, 0.1) is 20.2 Å². The Morgan fingerprint density at radius 2 is 1.78 bits per heavy atom. The van der Waals surface area contributed by atoms with Crippen molar-refractivity contribution in [3.05, 3.63) is 44.0 Å². The van der Waals surface area contributed by atoms with E-state index in [1.165, 1.54) is 6.07 Å². The molecule has 0 amide bonds. The lowest BCUT2D eigenvalue weighted by Crippen LogP contribution is -2.09. The van der Waals surface area contributed by atoms with E-state index in [2.05, 4.69) is 0 Å². The summed E-state index contributed by atoms with van der Waals surface area (Å²) in [5, 5.41) is 21.4. The van der Waals surface area contributed by atoms with E-state index in [1.807, 2.05) is 0 Å². The Labute approximate surface area is 101 Å². The molecule has 0 aromatic heterocycles. The first-order valence-electron chi connectivity index (χ1n) is 4.79. The molecule has 1 rings (SSSR count). The van der Waals surface area contributed by atoms with Gasteiger partial charge in [0.2, 0.25) is 0 Å². The second-order valence-electron chi connectivity index (χ2n) is 3.49. The van der Waals surface area contributed by atoms with Crippen molar-refractivity contribution in [2.75, 3.05) is 0 Å². The van der Waals surface area contributed by atoms with Gasteiger partial charge in [-0.3, -0.25) is 29.8 Å². The summed E-state index contributed by atoms with van der Waals surface area (Å²) in [7, 11) is 0. The van der Waals surface area contributed by atoms with Crippen molar-refractivity contribution in [1.29, 1.82) is 0 Å². The number of hydrogen-bond donors (Lipinski definition) is 0. The van der Waals surface area contributed by atoms with E-state index in [1.54, 1.807) is 0 Å². The number of benzene rings is 1. The molecule has 0 aliphatic heterocycles. The number of nitrogens with zero attached hydrogens (tertiary/aromatic N) is 2. The van der Waals surface area contributed by atoms with Gasteiger partial charge in [-0.15, -0.1) is 0 Å². The highest BCUT2D eigenvalue weighted by molar-refractivity contribution is 6.10. The average Bonchev–Trinajstić information content (AvgIpc) is 2.26. The van der Waals surface area contributed by atoms with E-state index in [9.17, 15) is 29.8 Å². The molecule has 1 aromatic carbocycles. The molecule has 8 nitrogen and oxygen atoms in total. The van der Waals surface area contributed by atoms with E-state index in [0.717, 1.165) is 19.1 Å². The third-order valence-corrected chi connectivity index (χ3v) is 2.10. The molecule has 1 aromatic rings. The number of hydrogen-bond acceptors (Lipinski definition) is 6. The van der Waals surface area contributed by atoms with Crippen molar-refractivity contribution >= 4 is 22.9 Å². The van der Waals surface area contributed by atoms with Gasteiger partial charge in [0.25, 0.3) is 0 Å². The molecule has 18 heavy (non-hydrogen) atoms. The molecule has 94 valence electrons. The summed E-state index contributed by atoms with van der Waals surface area (Å²) in [4.78, 5) is 41.9. The van der Waals surface area contributed by atoms with Gasteiger partial charge in [0.15, 0.2) is 5.78 Å². The van der Waals surface area contributed by atoms with Crippen LogP contribution in [0.1, 0.15) is 23.7 Å². The zero-order valence-electron chi connectivity index (χ0n) is 9.28. The van der Waals surface area contributed by atoms with Crippen molar-refractivity contribution in [1.82, 2.24) is 0 Å². The molecule has 0 saturated heterocycles. The Hall–Kier alpha value is -2.64. The summed E-state index contributed by atoms with van der Waals surface area (Å²) in [6.07, 6.45) is -0.526. The fraction of sp³-hybridized carbons (Fsp3) is 0.200. The number of carbonyl (C=O) groups is 2. The summed E-state index contributed by atoms with van der Waals surface area (Å²) in [5.74, 6) is -1.28. The summed E-state index contributed by atoms with van der Waals surface area (Å²) in [5.41, 5.74) is -2.08. The molecule has 0 spiro atoms. The Bertz CT molecular complexity index is 551. The van der Waals surface area contributed by atoms with E-state index in [-0.39, 0.29) is 0 Å². The van der Waals surface area contributed by atoms with E-state index >= 15 is 0 Å². The van der Waals surface area contributed by atoms with Gasteiger partial charge in [-0.05, 0) is 13.0 Å². The van der Waals surface area contributed by atoms with Gasteiger partial charge in [-0.1, -0.05) is 6.07 Å². The first kappa shape index (κ1) is 13.4. The quantitative estimate of drug-likeness (QED) is 0.340. The van der Waals surface area contributed by atoms with Crippen LogP contribution in [0.15, 0.2) is 18.2 Å². The number of nitro benzene ring substituents is 2. The van der Waals surface area contributed by atoms with E-state index in [0.29, 0.717) is 0 Å². The van der Waals surface area contributed by atoms with Crippen LogP contribution in [0.4, 0.5) is 11.4 Å². The van der Waals surface area contributed by atoms with Crippen LogP contribution in [0.2, 0.25) is 0 Å². The predicted molar refractivity (Wildman–Crippen MR) is 59.4 cm³/mol. The van der Waals surface area contributed by atoms with Crippen LogP contribution in [-0.4, -0.2) is 21.4 Å². The third kappa shape index (κ3) is 2.73. The van der Waals surface area contributed by atoms with Crippen LogP contribution in [0.3, 0.4) is 0 Å². The summed E-state index contributed by atoms with van der Waals surface area (Å²) in [6.45, 7) is 1.15. The van der Waals surface area contributed by atoms with Gasteiger partial charge in [0.1, 0.15) is 11.3 Å². The Morgan fingerprint density at radius 1 is 1.17 bits per heavy atom. The molecule has 0 bridgehead atoms. The van der Waals surface area contributed by atoms with E-state index < -0.39 is 44.8 Å². The van der Waals surface area contributed by atoms with Crippen LogP contribution < -0.4 is 0 Å². The third-order valence-electron chi connectivity index (χ3n) is 2.10. The molecule has 0 N–H and O–H groups in total. The van der Waals surface area contributed by atoms with E-state index in [4.69, 9.17) is 0 Å². The summed E-state index contributed by atoms with van der Waals surface area (Å²) < 4.78 is 0. The Kier molecular flexibility index (Phi) is 3.82. The monoisotopic (exact) mass is 252 g/mol. The lowest BCUT2D eigenvalue weighted by atomic mass is 10.0. The molecule has 0 aliphatic carbocycles. The maximum Gasteiger partial charge on any atom is 0.356 e. The number of rotatable bonds is 5. The fourth-order valence-corrected chi connectivity index (χ4v) is 1.42. The topological polar surface area (TPSA) is 120 Å². The van der Waals surface area contributed by atoms with Gasteiger partial charge < -0.3 is 0 Å². The number of para-hydroxylation sites is 1. The predicted octanol–water partition coefficient (Wildman–Crippen LogP) is 1.66. The van der Waals surface area contributed by atoms with Gasteiger partial charge >= 0.3 is 11.4 Å². The standard InChI is InChI=1S/C10H8N2O6/c1-6(13)5-9(14)7-3-2-4-8(11(15)16)10(7)12(17)18/h2-4H,5H2,1H3. The maximum atomic E-state index is 11.6. The largest absolute Gasteiger partial charge is 0.356 e. The molecular weight excluding hydrogens is 244 g/mol. The van der Waals surface area contributed by atoms with Gasteiger partial charge in [0.05, 0.1) is 16.3 Å². The minimum absolute atomic E-state index is 0.426. The molecule has 0 atom stereocenters. The average molecular weight is 252 g/mol. The lowest BCUT2D eigenvalue weighted by Gasteiger charge is -2.01. The molecule has 0 fully saturated rings. The molecule has 0 aliphatic rings. The highest BCUT2D eigenvalue weighted by Crippen LogP contribution is 2.31. The maximum absolute atomic E-state index is 11.6. The zero-order valence-corrected chi connectivity index (χ0v) is 9.28. The molecule has 0 heterocycles. The van der Waals surface area contributed by atoms with Crippen molar-refractivity contribution < 1.29 is 19.4 Å². The van der Waals surface area contributed by atoms with Crippen molar-refractivity contribution in [2.45, 2.75) is 13.3 Å². The summed E-state index contributed by atoms with van der Waals surface area (Å²) >= 11 is 0. The smallest absolute Gasteiger partial charge is 0.300 e. The van der Waals surface area contributed by atoms with Gasteiger partial charge in [0, 0.05) is 6.07 Å². The minimum atomic E-state index is -0.995. The molecular formula is C10H8N2O6. The molecule has 0 radical (unpaired) electrons. The molecule has 0 unspecified atom stereocenters. The molecule has 0 saturated carbocycles. The number of ketones is 2. The first-order chi connectivity index (χ1) is 8.34. The Balaban J connectivity index is 3.40. The second kappa shape index (κ2) is 5.13. The number of carbonyl (C=O) groups excluding carboxylic acids is 2. The van der Waals surface area contributed by atoms with Crippen LogP contribution in [-0.2, 0) is 4.79 Å². The van der Waals surface area contributed by atoms with Crippen LogP contribution in [0.5, 0.6) is 0 Å².